The van der Waals surface area contributed by atoms with E-state index in [-0.39, 0.29) is 0 Å². The minimum absolute atomic E-state index is 0.851. The predicted molar refractivity (Wildman–Crippen MR) is 79.0 cm³/mol. The van der Waals surface area contributed by atoms with Crippen molar-refractivity contribution in [1.29, 1.82) is 0 Å². The second-order valence-corrected chi connectivity index (χ2v) is 5.97. The molecular weight excluding hydrogens is 272 g/mol. The van der Waals surface area contributed by atoms with E-state index in [0.29, 0.717) is 0 Å². The number of fused-ring (bicyclic) bond motifs is 1. The molecule has 0 aliphatic heterocycles. The lowest BCUT2D eigenvalue weighted by Crippen LogP contribution is -2.09. The molecule has 1 aliphatic rings. The van der Waals surface area contributed by atoms with E-state index in [0.717, 1.165) is 5.92 Å². The summed E-state index contributed by atoms with van der Waals surface area (Å²) in [6, 6.07) is 9.09. The number of hydrogen-bond acceptors (Lipinski definition) is 0. The minimum Gasteiger partial charge on any atom is -0.0928 e. The molecule has 0 N–H and O–H groups in total. The standard InChI is InChI=1S/C16H23Br/c17-13-6-2-1-3-8-14-10-7-11-15-9-4-5-12-16(14)15/h4-5,9,12,14H,1-3,6-8,10-11,13H2. The van der Waals surface area contributed by atoms with Crippen molar-refractivity contribution in [3.63, 3.8) is 0 Å². The first-order valence-electron chi connectivity index (χ1n) is 7.05. The van der Waals surface area contributed by atoms with E-state index in [1.54, 1.807) is 11.1 Å². The van der Waals surface area contributed by atoms with Crippen molar-refractivity contribution < 1.29 is 0 Å². The van der Waals surface area contributed by atoms with E-state index in [4.69, 9.17) is 0 Å². The molecule has 0 fully saturated rings. The van der Waals surface area contributed by atoms with Gasteiger partial charge in [0.25, 0.3) is 0 Å². The molecule has 1 unspecified atom stereocenters. The first-order valence-corrected chi connectivity index (χ1v) is 8.17. The van der Waals surface area contributed by atoms with Gasteiger partial charge in [-0.15, -0.1) is 0 Å². The number of alkyl halides is 1. The lowest BCUT2D eigenvalue weighted by atomic mass is 9.80. The lowest BCUT2D eigenvalue weighted by molar-refractivity contribution is 0.489. The summed E-state index contributed by atoms with van der Waals surface area (Å²) in [5.41, 5.74) is 3.27. The summed E-state index contributed by atoms with van der Waals surface area (Å²) in [7, 11) is 0. The lowest BCUT2D eigenvalue weighted by Gasteiger charge is -2.25. The van der Waals surface area contributed by atoms with Crippen LogP contribution >= 0.6 is 15.9 Å². The molecule has 1 aliphatic carbocycles. The molecule has 0 aromatic heterocycles. The largest absolute Gasteiger partial charge is 0.0928 e. The van der Waals surface area contributed by atoms with Gasteiger partial charge in [0.05, 0.1) is 0 Å². The zero-order chi connectivity index (χ0) is 11.9. The highest BCUT2D eigenvalue weighted by atomic mass is 79.9. The Morgan fingerprint density at radius 2 is 1.88 bits per heavy atom. The molecule has 0 saturated carbocycles. The summed E-state index contributed by atoms with van der Waals surface area (Å²) < 4.78 is 0. The summed E-state index contributed by atoms with van der Waals surface area (Å²) in [5.74, 6) is 0.851. The smallest absolute Gasteiger partial charge is 0.00313 e. The van der Waals surface area contributed by atoms with E-state index < -0.39 is 0 Å². The summed E-state index contributed by atoms with van der Waals surface area (Å²) in [5, 5.41) is 1.17. The minimum atomic E-state index is 0.851. The van der Waals surface area contributed by atoms with Gasteiger partial charge >= 0.3 is 0 Å². The molecule has 1 aromatic rings. The van der Waals surface area contributed by atoms with E-state index in [2.05, 4.69) is 40.2 Å². The predicted octanol–water partition coefficient (Wildman–Crippen LogP) is 5.45. The van der Waals surface area contributed by atoms with E-state index in [9.17, 15) is 0 Å². The molecule has 0 bridgehead atoms. The summed E-state index contributed by atoms with van der Waals surface area (Å²) in [4.78, 5) is 0. The van der Waals surface area contributed by atoms with Gasteiger partial charge in [-0.25, -0.2) is 0 Å². The van der Waals surface area contributed by atoms with Crippen molar-refractivity contribution in [3.05, 3.63) is 35.4 Å². The van der Waals surface area contributed by atoms with Gasteiger partial charge in [-0.2, -0.15) is 0 Å². The fourth-order valence-electron chi connectivity index (χ4n) is 2.99. The highest BCUT2D eigenvalue weighted by Crippen LogP contribution is 2.34. The third-order valence-corrected chi connectivity index (χ3v) is 4.49. The topological polar surface area (TPSA) is 0 Å². The van der Waals surface area contributed by atoms with Crippen molar-refractivity contribution >= 4 is 15.9 Å². The maximum atomic E-state index is 3.50. The monoisotopic (exact) mass is 294 g/mol. The zero-order valence-corrected chi connectivity index (χ0v) is 12.2. The van der Waals surface area contributed by atoms with E-state index >= 15 is 0 Å². The Balaban J connectivity index is 1.82. The third kappa shape index (κ3) is 3.84. The van der Waals surface area contributed by atoms with Crippen LogP contribution in [-0.4, -0.2) is 5.33 Å². The number of aryl methyl sites for hydroxylation is 1. The zero-order valence-electron chi connectivity index (χ0n) is 10.6. The van der Waals surface area contributed by atoms with Crippen molar-refractivity contribution in [1.82, 2.24) is 0 Å². The van der Waals surface area contributed by atoms with Gasteiger partial charge in [0.2, 0.25) is 0 Å². The van der Waals surface area contributed by atoms with E-state index in [1.807, 2.05) is 0 Å². The maximum Gasteiger partial charge on any atom is 0.00313 e. The molecule has 1 heteroatoms. The fourth-order valence-corrected chi connectivity index (χ4v) is 3.39. The second kappa shape index (κ2) is 7.20. The Hall–Kier alpha value is -0.300. The van der Waals surface area contributed by atoms with Crippen LogP contribution in [0.2, 0.25) is 0 Å². The maximum absolute atomic E-state index is 3.50. The van der Waals surface area contributed by atoms with Crippen LogP contribution in [-0.2, 0) is 6.42 Å². The van der Waals surface area contributed by atoms with Crippen LogP contribution < -0.4 is 0 Å². The normalized spacial score (nSPS) is 19.0. The van der Waals surface area contributed by atoms with Crippen LogP contribution in [0.5, 0.6) is 0 Å². The number of unbranched alkanes of at least 4 members (excludes halogenated alkanes) is 3. The second-order valence-electron chi connectivity index (χ2n) is 5.18. The Kier molecular flexibility index (Phi) is 5.57. The first kappa shape index (κ1) is 13.1. The van der Waals surface area contributed by atoms with E-state index in [1.165, 1.54) is 56.7 Å². The van der Waals surface area contributed by atoms with Gasteiger partial charge in [0.1, 0.15) is 0 Å². The third-order valence-electron chi connectivity index (χ3n) is 3.93. The SMILES string of the molecule is BrCCCCCCC1CCCc2ccccc21. The average molecular weight is 295 g/mol. The van der Waals surface area contributed by atoms with Gasteiger partial charge in [-0.05, 0) is 49.1 Å². The molecule has 0 radical (unpaired) electrons. The molecule has 1 atom stereocenters. The van der Waals surface area contributed by atoms with Crippen LogP contribution in [0.15, 0.2) is 24.3 Å². The van der Waals surface area contributed by atoms with Crippen LogP contribution in [0.3, 0.4) is 0 Å². The van der Waals surface area contributed by atoms with Crippen LogP contribution in [0, 0.1) is 0 Å². The highest BCUT2D eigenvalue weighted by Gasteiger charge is 2.18. The van der Waals surface area contributed by atoms with Crippen LogP contribution in [0.1, 0.15) is 62.0 Å². The van der Waals surface area contributed by atoms with Crippen LogP contribution in [0.4, 0.5) is 0 Å². The molecule has 0 amide bonds. The molecule has 2 rings (SSSR count). The molecule has 0 nitrogen and oxygen atoms in total. The van der Waals surface area contributed by atoms with Crippen molar-refractivity contribution in [2.24, 2.45) is 0 Å². The van der Waals surface area contributed by atoms with Crippen molar-refractivity contribution in [2.75, 3.05) is 5.33 Å². The Labute approximate surface area is 114 Å². The molecule has 17 heavy (non-hydrogen) atoms. The molecule has 0 spiro atoms. The molecule has 1 aromatic carbocycles. The molecule has 0 heterocycles. The Bertz CT molecular complexity index is 332. The van der Waals surface area contributed by atoms with Gasteiger partial charge in [0.15, 0.2) is 0 Å². The molecule has 94 valence electrons. The summed E-state index contributed by atoms with van der Waals surface area (Å²) >= 11 is 3.50. The van der Waals surface area contributed by atoms with Crippen molar-refractivity contribution in [2.45, 2.75) is 57.3 Å². The summed E-state index contributed by atoms with van der Waals surface area (Å²) in [6.07, 6.45) is 11.0. The van der Waals surface area contributed by atoms with Gasteiger partial charge in [-0.1, -0.05) is 59.5 Å². The number of benzene rings is 1. The number of rotatable bonds is 6. The first-order chi connectivity index (χ1) is 8.42. The van der Waals surface area contributed by atoms with Gasteiger partial charge < -0.3 is 0 Å². The van der Waals surface area contributed by atoms with Crippen LogP contribution in [0.25, 0.3) is 0 Å². The number of halogens is 1. The number of hydrogen-bond donors (Lipinski definition) is 0. The van der Waals surface area contributed by atoms with Gasteiger partial charge in [0, 0.05) is 5.33 Å². The average Bonchev–Trinajstić information content (AvgIpc) is 2.39. The Morgan fingerprint density at radius 3 is 2.76 bits per heavy atom. The van der Waals surface area contributed by atoms with Gasteiger partial charge in [-0.3, -0.25) is 0 Å². The highest BCUT2D eigenvalue weighted by molar-refractivity contribution is 9.09. The summed E-state index contributed by atoms with van der Waals surface area (Å²) in [6.45, 7) is 0. The Morgan fingerprint density at radius 1 is 1.06 bits per heavy atom. The van der Waals surface area contributed by atoms with Crippen molar-refractivity contribution in [3.8, 4) is 0 Å². The quantitative estimate of drug-likeness (QED) is 0.483. The fraction of sp³-hybridized carbons (Fsp3) is 0.625. The molecule has 0 saturated heterocycles. The molecular formula is C16H23Br.